The van der Waals surface area contributed by atoms with Crippen LogP contribution >= 0.6 is 0 Å². The molecule has 1 aliphatic rings. The number of carbonyl (C=O) groups is 2. The van der Waals surface area contributed by atoms with Crippen LogP contribution in [0.25, 0.3) is 0 Å². The Balaban J connectivity index is 2.00. The molecule has 1 N–H and O–H groups in total. The van der Waals surface area contributed by atoms with Gasteiger partial charge >= 0.3 is 0 Å². The summed E-state index contributed by atoms with van der Waals surface area (Å²) in [5.74, 6) is 0.0593. The predicted octanol–water partition coefficient (Wildman–Crippen LogP) is 0.618. The second-order valence-corrected chi connectivity index (χ2v) is 4.66. The zero-order chi connectivity index (χ0) is 13.0. The van der Waals surface area contributed by atoms with Crippen molar-refractivity contribution >= 4 is 11.7 Å². The highest BCUT2D eigenvalue weighted by molar-refractivity contribution is 5.88. The Kier molecular flexibility index (Phi) is 4.10. The summed E-state index contributed by atoms with van der Waals surface area (Å²) in [6, 6.07) is 9.71. The molecule has 0 unspecified atom stereocenters. The van der Waals surface area contributed by atoms with E-state index in [0.29, 0.717) is 13.0 Å². The van der Waals surface area contributed by atoms with Crippen LogP contribution in [0.15, 0.2) is 30.3 Å². The van der Waals surface area contributed by atoms with Crippen molar-refractivity contribution in [1.82, 2.24) is 10.2 Å². The summed E-state index contributed by atoms with van der Waals surface area (Å²) < 4.78 is 0. The molecule has 4 heteroatoms. The second kappa shape index (κ2) is 5.78. The molecule has 1 aromatic rings. The van der Waals surface area contributed by atoms with Crippen molar-refractivity contribution in [1.29, 1.82) is 0 Å². The molecule has 0 aliphatic carbocycles. The first-order chi connectivity index (χ1) is 8.66. The fraction of sp³-hybridized carbons (Fsp3) is 0.429. The van der Waals surface area contributed by atoms with E-state index in [1.807, 2.05) is 30.3 Å². The summed E-state index contributed by atoms with van der Waals surface area (Å²) >= 11 is 0. The number of hydrogen-bond acceptors (Lipinski definition) is 3. The van der Waals surface area contributed by atoms with Gasteiger partial charge in [0.15, 0.2) is 0 Å². The summed E-state index contributed by atoms with van der Waals surface area (Å²) in [6.45, 7) is 3.10. The van der Waals surface area contributed by atoms with Crippen molar-refractivity contribution in [3.05, 3.63) is 35.9 Å². The van der Waals surface area contributed by atoms with Gasteiger partial charge in [-0.05, 0) is 18.9 Å². The smallest absolute Gasteiger partial charge is 0.240 e. The standard InChI is InChI=1S/C14H18N2O2/c1-11(17)10-16-8-7-15-13(14(16)18)9-12-5-3-2-4-6-12/h2-6,13,15H,7-10H2,1H3/t13-/m0/s1. The van der Waals surface area contributed by atoms with Gasteiger partial charge in [-0.2, -0.15) is 0 Å². The average Bonchev–Trinajstić information content (AvgIpc) is 2.35. The third-order valence-corrected chi connectivity index (χ3v) is 3.08. The Morgan fingerprint density at radius 1 is 1.39 bits per heavy atom. The number of piperazine rings is 1. The van der Waals surface area contributed by atoms with Crippen molar-refractivity contribution in [2.45, 2.75) is 19.4 Å². The van der Waals surface area contributed by atoms with Gasteiger partial charge in [0.2, 0.25) is 5.91 Å². The molecule has 18 heavy (non-hydrogen) atoms. The number of nitrogens with one attached hydrogen (secondary N) is 1. The molecule has 2 rings (SSSR count). The summed E-state index contributed by atoms with van der Waals surface area (Å²) in [5, 5.41) is 3.22. The first-order valence-corrected chi connectivity index (χ1v) is 6.22. The zero-order valence-electron chi connectivity index (χ0n) is 10.6. The Morgan fingerprint density at radius 2 is 2.11 bits per heavy atom. The number of amides is 1. The third-order valence-electron chi connectivity index (χ3n) is 3.08. The van der Waals surface area contributed by atoms with E-state index in [1.54, 1.807) is 4.90 Å². The highest BCUT2D eigenvalue weighted by Crippen LogP contribution is 2.09. The molecule has 4 nitrogen and oxygen atoms in total. The molecular formula is C14H18N2O2. The Bertz CT molecular complexity index is 431. The van der Waals surface area contributed by atoms with Crippen molar-refractivity contribution in [3.8, 4) is 0 Å². The predicted molar refractivity (Wildman–Crippen MR) is 69.2 cm³/mol. The molecule has 0 aromatic heterocycles. The monoisotopic (exact) mass is 246 g/mol. The molecule has 1 aliphatic heterocycles. The van der Waals surface area contributed by atoms with Crippen LogP contribution < -0.4 is 5.32 Å². The quantitative estimate of drug-likeness (QED) is 0.847. The normalized spacial score (nSPS) is 19.9. The third kappa shape index (κ3) is 3.17. The van der Waals surface area contributed by atoms with Gasteiger partial charge in [0, 0.05) is 13.1 Å². The molecule has 1 atom stereocenters. The molecule has 0 radical (unpaired) electrons. The maximum Gasteiger partial charge on any atom is 0.240 e. The summed E-state index contributed by atoms with van der Waals surface area (Å²) in [7, 11) is 0. The Labute approximate surface area is 107 Å². The van der Waals surface area contributed by atoms with Crippen LogP contribution in [0.4, 0.5) is 0 Å². The maximum absolute atomic E-state index is 12.2. The SMILES string of the molecule is CC(=O)CN1CCN[C@@H](Cc2ccccc2)C1=O. The summed E-state index contributed by atoms with van der Waals surface area (Å²) in [5.41, 5.74) is 1.13. The zero-order valence-corrected chi connectivity index (χ0v) is 10.6. The number of rotatable bonds is 4. The average molecular weight is 246 g/mol. The van der Waals surface area contributed by atoms with E-state index in [9.17, 15) is 9.59 Å². The van der Waals surface area contributed by atoms with Crippen molar-refractivity contribution in [3.63, 3.8) is 0 Å². The minimum Gasteiger partial charge on any atom is -0.333 e. The van der Waals surface area contributed by atoms with Crippen LogP contribution in [0.2, 0.25) is 0 Å². The highest BCUT2D eigenvalue weighted by Gasteiger charge is 2.28. The van der Waals surface area contributed by atoms with Gasteiger partial charge in [0.25, 0.3) is 0 Å². The first-order valence-electron chi connectivity index (χ1n) is 6.22. The molecule has 0 bridgehead atoms. The fourth-order valence-corrected chi connectivity index (χ4v) is 2.23. The number of Topliss-reactive ketones (excluding diaryl/α,β-unsaturated/α-hetero) is 1. The summed E-state index contributed by atoms with van der Waals surface area (Å²) in [4.78, 5) is 24.9. The van der Waals surface area contributed by atoms with Crippen LogP contribution in [-0.2, 0) is 16.0 Å². The molecule has 1 saturated heterocycles. The number of hydrogen-bond donors (Lipinski definition) is 1. The second-order valence-electron chi connectivity index (χ2n) is 4.66. The largest absolute Gasteiger partial charge is 0.333 e. The van der Waals surface area contributed by atoms with Gasteiger partial charge in [-0.15, -0.1) is 0 Å². The maximum atomic E-state index is 12.2. The fourth-order valence-electron chi connectivity index (χ4n) is 2.23. The molecule has 1 amide bonds. The number of benzene rings is 1. The van der Waals surface area contributed by atoms with E-state index in [-0.39, 0.29) is 24.3 Å². The van der Waals surface area contributed by atoms with Crippen LogP contribution in [-0.4, -0.2) is 42.3 Å². The van der Waals surface area contributed by atoms with Crippen LogP contribution in [0.5, 0.6) is 0 Å². The lowest BCUT2D eigenvalue weighted by Gasteiger charge is -2.32. The van der Waals surface area contributed by atoms with E-state index in [0.717, 1.165) is 12.1 Å². The van der Waals surface area contributed by atoms with Crippen molar-refractivity contribution in [2.24, 2.45) is 0 Å². The lowest BCUT2D eigenvalue weighted by Crippen LogP contribution is -2.56. The summed E-state index contributed by atoms with van der Waals surface area (Å²) in [6.07, 6.45) is 0.675. The van der Waals surface area contributed by atoms with Crippen LogP contribution in [0.1, 0.15) is 12.5 Å². The van der Waals surface area contributed by atoms with Gasteiger partial charge in [-0.1, -0.05) is 30.3 Å². The van der Waals surface area contributed by atoms with E-state index >= 15 is 0 Å². The van der Waals surface area contributed by atoms with Crippen LogP contribution in [0.3, 0.4) is 0 Å². The Hall–Kier alpha value is -1.68. The van der Waals surface area contributed by atoms with E-state index in [1.165, 1.54) is 6.92 Å². The lowest BCUT2D eigenvalue weighted by molar-refractivity contribution is -0.138. The van der Waals surface area contributed by atoms with Gasteiger partial charge in [-0.3, -0.25) is 9.59 Å². The molecular weight excluding hydrogens is 228 g/mol. The number of ketones is 1. The van der Waals surface area contributed by atoms with Crippen LogP contribution in [0, 0.1) is 0 Å². The molecule has 1 aromatic carbocycles. The van der Waals surface area contributed by atoms with E-state index in [4.69, 9.17) is 0 Å². The van der Waals surface area contributed by atoms with Gasteiger partial charge in [0.1, 0.15) is 5.78 Å². The lowest BCUT2D eigenvalue weighted by atomic mass is 10.0. The molecule has 0 spiro atoms. The number of carbonyl (C=O) groups excluding carboxylic acids is 2. The van der Waals surface area contributed by atoms with Gasteiger partial charge in [-0.25, -0.2) is 0 Å². The number of nitrogens with zero attached hydrogens (tertiary/aromatic N) is 1. The molecule has 0 saturated carbocycles. The molecule has 96 valence electrons. The molecule has 1 heterocycles. The van der Waals surface area contributed by atoms with Gasteiger partial charge < -0.3 is 10.2 Å². The topological polar surface area (TPSA) is 49.4 Å². The van der Waals surface area contributed by atoms with E-state index < -0.39 is 0 Å². The minimum atomic E-state index is -0.208. The van der Waals surface area contributed by atoms with E-state index in [2.05, 4.69) is 5.32 Å². The van der Waals surface area contributed by atoms with Gasteiger partial charge in [0.05, 0.1) is 12.6 Å². The first kappa shape index (κ1) is 12.8. The highest BCUT2D eigenvalue weighted by atomic mass is 16.2. The van der Waals surface area contributed by atoms with Crippen molar-refractivity contribution in [2.75, 3.05) is 19.6 Å². The minimum absolute atomic E-state index is 0.0281. The molecule has 1 fully saturated rings. The Morgan fingerprint density at radius 3 is 2.78 bits per heavy atom. The van der Waals surface area contributed by atoms with Crippen molar-refractivity contribution < 1.29 is 9.59 Å².